The number of aromatic nitrogens is 1. The number of carbonyl (C=O) groups is 3. The van der Waals surface area contributed by atoms with Crippen LogP contribution in [0.15, 0.2) is 29.6 Å². The number of benzene rings is 1. The first-order chi connectivity index (χ1) is 10.6. The van der Waals surface area contributed by atoms with Crippen LogP contribution in [0.1, 0.15) is 28.3 Å². The van der Waals surface area contributed by atoms with Crippen molar-refractivity contribution in [2.24, 2.45) is 0 Å². The first-order valence-electron chi connectivity index (χ1n) is 6.74. The fourth-order valence-corrected chi connectivity index (χ4v) is 2.87. The Morgan fingerprint density at radius 3 is 2.55 bits per heavy atom. The van der Waals surface area contributed by atoms with Gasteiger partial charge in [-0.2, -0.15) is 0 Å². The van der Waals surface area contributed by atoms with Crippen LogP contribution in [0.2, 0.25) is 0 Å². The Balaban J connectivity index is 1.90. The molecule has 0 radical (unpaired) electrons. The van der Waals surface area contributed by atoms with Gasteiger partial charge in [0.25, 0.3) is 5.91 Å². The molecule has 2 heterocycles. The number of nitrogens with zero attached hydrogens (tertiary/aromatic N) is 2. The molecule has 1 aromatic heterocycles. The Labute approximate surface area is 130 Å². The number of hydrogen-bond donors (Lipinski definition) is 1. The fourth-order valence-electron chi connectivity index (χ4n) is 2.27. The van der Waals surface area contributed by atoms with E-state index in [1.807, 2.05) is 6.92 Å². The molecule has 1 aliphatic heterocycles. The van der Waals surface area contributed by atoms with Gasteiger partial charge in [-0.3, -0.25) is 14.4 Å². The molecule has 112 valence electrons. The molecule has 3 amide bonds. The van der Waals surface area contributed by atoms with E-state index < -0.39 is 0 Å². The second kappa shape index (κ2) is 5.69. The normalized spacial score (nSPS) is 14.5. The van der Waals surface area contributed by atoms with Crippen LogP contribution in [-0.4, -0.2) is 22.7 Å². The van der Waals surface area contributed by atoms with Crippen LogP contribution in [0.4, 0.5) is 11.4 Å². The standard InChI is InChI=1S/C15H13N3O3S/c1-9-16-11(8-22-9)15(21)17-10-4-2-3-5-12(10)18-13(19)6-7-14(18)20/h2-5,8H,6-7H2,1H3,(H,17,21). The SMILES string of the molecule is Cc1nc(C(=O)Nc2ccccc2N2C(=O)CCC2=O)cs1. The van der Waals surface area contributed by atoms with E-state index in [9.17, 15) is 14.4 Å². The zero-order chi connectivity index (χ0) is 15.7. The molecule has 1 saturated heterocycles. The molecule has 22 heavy (non-hydrogen) atoms. The van der Waals surface area contributed by atoms with E-state index in [1.165, 1.54) is 11.3 Å². The zero-order valence-corrected chi connectivity index (χ0v) is 12.6. The molecule has 1 fully saturated rings. The molecule has 0 unspecified atom stereocenters. The highest BCUT2D eigenvalue weighted by molar-refractivity contribution is 7.09. The van der Waals surface area contributed by atoms with Gasteiger partial charge in [0.05, 0.1) is 16.4 Å². The Morgan fingerprint density at radius 1 is 1.23 bits per heavy atom. The molecule has 0 bridgehead atoms. The van der Waals surface area contributed by atoms with Gasteiger partial charge in [-0.25, -0.2) is 9.88 Å². The summed E-state index contributed by atoms with van der Waals surface area (Å²) in [6.07, 6.45) is 0.402. The van der Waals surface area contributed by atoms with Gasteiger partial charge < -0.3 is 5.32 Å². The minimum Gasteiger partial charge on any atom is -0.319 e. The average Bonchev–Trinajstić information content (AvgIpc) is 3.06. The summed E-state index contributed by atoms with van der Waals surface area (Å²) in [6, 6.07) is 6.75. The first-order valence-corrected chi connectivity index (χ1v) is 7.62. The zero-order valence-electron chi connectivity index (χ0n) is 11.8. The van der Waals surface area contributed by atoms with Gasteiger partial charge >= 0.3 is 0 Å². The fraction of sp³-hybridized carbons (Fsp3) is 0.200. The smallest absolute Gasteiger partial charge is 0.275 e. The maximum Gasteiger partial charge on any atom is 0.275 e. The molecule has 0 spiro atoms. The number of imide groups is 1. The number of hydrogen-bond acceptors (Lipinski definition) is 5. The lowest BCUT2D eigenvalue weighted by Gasteiger charge is -2.18. The van der Waals surface area contributed by atoms with E-state index in [0.29, 0.717) is 17.1 Å². The second-order valence-electron chi connectivity index (χ2n) is 4.85. The third-order valence-corrected chi connectivity index (χ3v) is 4.07. The highest BCUT2D eigenvalue weighted by atomic mass is 32.1. The third kappa shape index (κ3) is 2.62. The van der Waals surface area contributed by atoms with Crippen LogP contribution < -0.4 is 10.2 Å². The van der Waals surface area contributed by atoms with E-state index >= 15 is 0 Å². The molecule has 2 aromatic rings. The Kier molecular flexibility index (Phi) is 3.72. The van der Waals surface area contributed by atoms with Gasteiger partial charge in [-0.05, 0) is 19.1 Å². The van der Waals surface area contributed by atoms with Crippen LogP contribution in [-0.2, 0) is 9.59 Å². The van der Waals surface area contributed by atoms with Crippen molar-refractivity contribution in [3.8, 4) is 0 Å². The van der Waals surface area contributed by atoms with Crippen LogP contribution in [0.25, 0.3) is 0 Å². The van der Waals surface area contributed by atoms with Crippen molar-refractivity contribution in [2.75, 3.05) is 10.2 Å². The monoisotopic (exact) mass is 315 g/mol. The van der Waals surface area contributed by atoms with Gasteiger partial charge in [-0.15, -0.1) is 11.3 Å². The molecule has 1 aromatic carbocycles. The Bertz CT molecular complexity index is 753. The van der Waals surface area contributed by atoms with E-state index in [0.717, 1.165) is 9.91 Å². The van der Waals surface area contributed by atoms with Crippen LogP contribution in [0.3, 0.4) is 0 Å². The van der Waals surface area contributed by atoms with Crippen molar-refractivity contribution in [1.29, 1.82) is 0 Å². The van der Waals surface area contributed by atoms with Crippen molar-refractivity contribution >= 4 is 40.4 Å². The third-order valence-electron chi connectivity index (χ3n) is 3.30. The van der Waals surface area contributed by atoms with Crippen molar-refractivity contribution < 1.29 is 14.4 Å². The molecular weight excluding hydrogens is 302 g/mol. The predicted molar refractivity (Wildman–Crippen MR) is 83.0 cm³/mol. The van der Waals surface area contributed by atoms with Crippen LogP contribution >= 0.6 is 11.3 Å². The van der Waals surface area contributed by atoms with E-state index in [1.54, 1.807) is 29.6 Å². The number of thiazole rings is 1. The summed E-state index contributed by atoms with van der Waals surface area (Å²) < 4.78 is 0. The van der Waals surface area contributed by atoms with Crippen LogP contribution in [0, 0.1) is 6.92 Å². The molecule has 1 aliphatic rings. The van der Waals surface area contributed by atoms with Crippen molar-refractivity contribution in [3.63, 3.8) is 0 Å². The van der Waals surface area contributed by atoms with Gasteiger partial charge in [0, 0.05) is 18.2 Å². The molecule has 6 nitrogen and oxygen atoms in total. The molecule has 0 aliphatic carbocycles. The van der Waals surface area contributed by atoms with E-state index in [-0.39, 0.29) is 30.6 Å². The molecular formula is C15H13N3O3S. The maximum atomic E-state index is 12.2. The number of aryl methyl sites for hydroxylation is 1. The summed E-state index contributed by atoms with van der Waals surface area (Å²) in [7, 11) is 0. The highest BCUT2D eigenvalue weighted by Gasteiger charge is 2.32. The summed E-state index contributed by atoms with van der Waals surface area (Å²) in [5.41, 5.74) is 1.13. The molecule has 1 N–H and O–H groups in total. The highest BCUT2D eigenvalue weighted by Crippen LogP contribution is 2.30. The molecule has 0 saturated carbocycles. The average molecular weight is 315 g/mol. The summed E-state index contributed by atoms with van der Waals surface area (Å²) in [5, 5.41) is 5.18. The number of rotatable bonds is 3. The quantitative estimate of drug-likeness (QED) is 0.882. The first kappa shape index (κ1) is 14.4. The van der Waals surface area contributed by atoms with Crippen molar-refractivity contribution in [1.82, 2.24) is 4.98 Å². The molecule has 7 heteroatoms. The van der Waals surface area contributed by atoms with E-state index in [4.69, 9.17) is 0 Å². The summed E-state index contributed by atoms with van der Waals surface area (Å²) in [6.45, 7) is 1.82. The van der Waals surface area contributed by atoms with Crippen LogP contribution in [0.5, 0.6) is 0 Å². The van der Waals surface area contributed by atoms with Crippen molar-refractivity contribution in [3.05, 3.63) is 40.3 Å². The predicted octanol–water partition coefficient (Wildman–Crippen LogP) is 2.36. The van der Waals surface area contributed by atoms with E-state index in [2.05, 4.69) is 10.3 Å². The minimum absolute atomic E-state index is 0.201. The topological polar surface area (TPSA) is 79.4 Å². The minimum atomic E-state index is -0.365. The van der Waals surface area contributed by atoms with Gasteiger partial charge in [0.2, 0.25) is 11.8 Å². The molecule has 3 rings (SSSR count). The van der Waals surface area contributed by atoms with Gasteiger partial charge in [-0.1, -0.05) is 12.1 Å². The largest absolute Gasteiger partial charge is 0.319 e. The maximum absolute atomic E-state index is 12.2. The van der Waals surface area contributed by atoms with Gasteiger partial charge in [0.15, 0.2) is 0 Å². The summed E-state index contributed by atoms with van der Waals surface area (Å²) >= 11 is 1.38. The summed E-state index contributed by atoms with van der Waals surface area (Å²) in [4.78, 5) is 41.2. The lowest BCUT2D eigenvalue weighted by Crippen LogP contribution is -2.29. The summed E-state index contributed by atoms with van der Waals surface area (Å²) in [5.74, 6) is -0.872. The number of amides is 3. The Hall–Kier alpha value is -2.54. The second-order valence-corrected chi connectivity index (χ2v) is 5.91. The lowest BCUT2D eigenvalue weighted by molar-refractivity contribution is -0.121. The number of anilines is 2. The van der Waals surface area contributed by atoms with Crippen molar-refractivity contribution in [2.45, 2.75) is 19.8 Å². The Morgan fingerprint density at radius 2 is 1.91 bits per heavy atom. The number of carbonyl (C=O) groups excluding carboxylic acids is 3. The number of nitrogens with one attached hydrogen (secondary N) is 1. The molecule has 0 atom stereocenters. The lowest BCUT2D eigenvalue weighted by atomic mass is 10.2. The number of para-hydroxylation sites is 2. The van der Waals surface area contributed by atoms with Gasteiger partial charge in [0.1, 0.15) is 5.69 Å².